The lowest BCUT2D eigenvalue weighted by atomic mass is 10.1. The number of nitrogens with zero attached hydrogens (tertiary/aromatic N) is 4. The van der Waals surface area contributed by atoms with Crippen molar-refractivity contribution in [1.82, 2.24) is 19.6 Å². The van der Waals surface area contributed by atoms with E-state index in [1.807, 2.05) is 13.8 Å². The zero-order valence-electron chi connectivity index (χ0n) is 24.4. The molecule has 224 valence electrons. The van der Waals surface area contributed by atoms with Crippen molar-refractivity contribution in [3.8, 4) is 0 Å². The molecule has 1 fully saturated rings. The van der Waals surface area contributed by atoms with E-state index in [-0.39, 0.29) is 39.3 Å². The summed E-state index contributed by atoms with van der Waals surface area (Å²) in [4.78, 5) is 52.0. The van der Waals surface area contributed by atoms with Crippen molar-refractivity contribution in [3.63, 3.8) is 0 Å². The van der Waals surface area contributed by atoms with Crippen LogP contribution in [-0.4, -0.2) is 141 Å². The molecule has 0 aliphatic carbocycles. The molecule has 0 aromatic carbocycles. The highest BCUT2D eigenvalue weighted by atomic mass is 16.4. The van der Waals surface area contributed by atoms with E-state index in [0.717, 1.165) is 5.92 Å². The zero-order chi connectivity index (χ0) is 29.8. The van der Waals surface area contributed by atoms with Crippen molar-refractivity contribution in [2.75, 3.05) is 65.4 Å². The Morgan fingerprint density at radius 3 is 1.11 bits per heavy atom. The Bertz CT molecular complexity index is 640. The van der Waals surface area contributed by atoms with E-state index in [0.29, 0.717) is 26.2 Å². The van der Waals surface area contributed by atoms with E-state index in [4.69, 9.17) is 10.2 Å². The van der Waals surface area contributed by atoms with Gasteiger partial charge in [0.1, 0.15) is 12.1 Å². The van der Waals surface area contributed by atoms with Gasteiger partial charge >= 0.3 is 23.9 Å². The molecule has 0 amide bonds. The van der Waals surface area contributed by atoms with Crippen molar-refractivity contribution in [1.29, 1.82) is 0 Å². The van der Waals surface area contributed by atoms with E-state index < -0.39 is 36.0 Å². The van der Waals surface area contributed by atoms with Gasteiger partial charge in [0.15, 0.2) is 0 Å². The third kappa shape index (κ3) is 18.1. The summed E-state index contributed by atoms with van der Waals surface area (Å²) in [5.74, 6) is -3.18. The largest absolute Gasteiger partial charge is 0.480 e. The number of carboxylic acids is 4. The topological polar surface area (TPSA) is 162 Å². The smallest absolute Gasteiger partial charge is 0.320 e. The molecule has 0 radical (unpaired) electrons. The third-order valence-corrected chi connectivity index (χ3v) is 6.21. The summed E-state index contributed by atoms with van der Waals surface area (Å²) >= 11 is 0. The first kappa shape index (κ1) is 37.9. The average Bonchev–Trinajstić information content (AvgIpc) is 2.82. The second-order valence-corrected chi connectivity index (χ2v) is 9.62. The van der Waals surface area contributed by atoms with E-state index in [1.165, 1.54) is 26.7 Å². The van der Waals surface area contributed by atoms with Crippen LogP contribution in [-0.2, 0) is 19.2 Å². The maximum atomic E-state index is 11.5. The summed E-state index contributed by atoms with van der Waals surface area (Å²) in [5, 5.41) is 37.1. The van der Waals surface area contributed by atoms with E-state index in [2.05, 4.69) is 20.8 Å². The molecule has 2 atom stereocenters. The summed E-state index contributed by atoms with van der Waals surface area (Å²) in [6.45, 7) is 15.6. The molecule has 12 heteroatoms. The quantitative estimate of drug-likeness (QED) is 0.314. The second kappa shape index (κ2) is 21.6. The molecular weight excluding hydrogens is 496 g/mol. The van der Waals surface area contributed by atoms with Crippen LogP contribution in [0.2, 0.25) is 0 Å². The molecule has 12 nitrogen and oxygen atoms in total. The normalized spacial score (nSPS) is 18.4. The van der Waals surface area contributed by atoms with Gasteiger partial charge in [-0.25, -0.2) is 0 Å². The van der Waals surface area contributed by atoms with Crippen LogP contribution >= 0.6 is 0 Å². The van der Waals surface area contributed by atoms with Crippen molar-refractivity contribution in [3.05, 3.63) is 0 Å². The van der Waals surface area contributed by atoms with Crippen molar-refractivity contribution >= 4 is 23.9 Å². The Morgan fingerprint density at radius 2 is 0.895 bits per heavy atom. The average molecular weight is 549 g/mol. The fraction of sp³-hybridized carbons (Fsp3) is 0.846. The summed E-state index contributed by atoms with van der Waals surface area (Å²) < 4.78 is 0. The lowest BCUT2D eigenvalue weighted by Gasteiger charge is -2.35. The van der Waals surface area contributed by atoms with Crippen molar-refractivity contribution in [2.24, 2.45) is 5.92 Å². The second-order valence-electron chi connectivity index (χ2n) is 9.62. The molecule has 0 saturated carbocycles. The number of hydrogen-bond acceptors (Lipinski definition) is 8. The zero-order valence-corrected chi connectivity index (χ0v) is 24.4. The van der Waals surface area contributed by atoms with Crippen LogP contribution in [0, 0.1) is 5.92 Å². The summed E-state index contributed by atoms with van der Waals surface area (Å²) in [7, 11) is 0. The first-order valence-corrected chi connectivity index (χ1v) is 13.6. The van der Waals surface area contributed by atoms with Gasteiger partial charge in [-0.2, -0.15) is 0 Å². The fourth-order valence-electron chi connectivity index (χ4n) is 3.89. The molecular formula is C26H52N4O8. The molecule has 0 spiro atoms. The molecule has 4 N–H and O–H groups in total. The lowest BCUT2D eigenvalue weighted by molar-refractivity contribution is -0.145. The van der Waals surface area contributed by atoms with Crippen molar-refractivity contribution in [2.45, 2.75) is 73.4 Å². The van der Waals surface area contributed by atoms with E-state index in [9.17, 15) is 29.4 Å². The van der Waals surface area contributed by atoms with Crippen LogP contribution in [0.4, 0.5) is 0 Å². The molecule has 1 heterocycles. The Morgan fingerprint density at radius 1 is 0.605 bits per heavy atom. The fourth-order valence-corrected chi connectivity index (χ4v) is 3.89. The SMILES string of the molecule is CC.CC(C(=O)O)N1CCN(CC(=O)O)CCN(CC(=O)O)CCN(C(C)C(=O)O)CC1.CCCC(C)C. The van der Waals surface area contributed by atoms with Gasteiger partial charge in [-0.15, -0.1) is 0 Å². The summed E-state index contributed by atoms with van der Waals surface area (Å²) in [6, 6.07) is -1.63. The summed E-state index contributed by atoms with van der Waals surface area (Å²) in [5.41, 5.74) is 0. The molecule has 2 unspecified atom stereocenters. The molecule has 0 aromatic rings. The molecule has 1 rings (SSSR count). The maximum Gasteiger partial charge on any atom is 0.320 e. The van der Waals surface area contributed by atoms with Gasteiger partial charge in [-0.1, -0.05) is 47.5 Å². The van der Waals surface area contributed by atoms with Crippen LogP contribution in [0.5, 0.6) is 0 Å². The predicted molar refractivity (Wildman–Crippen MR) is 147 cm³/mol. The third-order valence-electron chi connectivity index (χ3n) is 6.21. The number of carboxylic acid groups (broad SMARTS) is 4. The molecule has 0 aromatic heterocycles. The number of carbonyl (C=O) groups is 4. The number of rotatable bonds is 10. The van der Waals surface area contributed by atoms with Crippen molar-refractivity contribution < 1.29 is 39.6 Å². The van der Waals surface area contributed by atoms with Gasteiger partial charge in [0.05, 0.1) is 13.1 Å². The van der Waals surface area contributed by atoms with Gasteiger partial charge in [-0.3, -0.25) is 38.8 Å². The van der Waals surface area contributed by atoms with Crippen LogP contribution < -0.4 is 0 Å². The van der Waals surface area contributed by atoms with Gasteiger partial charge in [0, 0.05) is 52.4 Å². The first-order valence-electron chi connectivity index (χ1n) is 13.6. The molecule has 1 aliphatic rings. The lowest BCUT2D eigenvalue weighted by Crippen LogP contribution is -2.52. The van der Waals surface area contributed by atoms with Gasteiger partial charge < -0.3 is 20.4 Å². The maximum absolute atomic E-state index is 11.5. The van der Waals surface area contributed by atoms with Crippen LogP contribution in [0.1, 0.15) is 61.3 Å². The Kier molecular flexibility index (Phi) is 21.6. The highest BCUT2D eigenvalue weighted by Gasteiger charge is 2.27. The standard InChI is InChI=1S/C18H32N4O8.C6H14.C2H6/c1-13(17(27)28)21-7-5-19(11-15(23)24)3-4-20(12-16(25)26)6-8-22(10-9-21)14(2)18(29)30;1-4-5-6(2)3;1-2/h13-14H,3-12H2,1-2H3,(H,23,24)(H,25,26)(H,27,28)(H,29,30);6H,4-5H2,1-3H3;1-2H3. The molecule has 38 heavy (non-hydrogen) atoms. The Hall–Kier alpha value is -2.28. The minimum atomic E-state index is -1.02. The van der Waals surface area contributed by atoms with Gasteiger partial charge in [0.2, 0.25) is 0 Å². The predicted octanol–water partition coefficient (Wildman–Crippen LogP) is 1.79. The van der Waals surface area contributed by atoms with Gasteiger partial charge in [-0.05, 0) is 19.8 Å². The highest BCUT2D eigenvalue weighted by Crippen LogP contribution is 2.07. The highest BCUT2D eigenvalue weighted by molar-refractivity contribution is 5.73. The Labute approximate surface area is 228 Å². The minimum absolute atomic E-state index is 0.238. The van der Waals surface area contributed by atoms with E-state index >= 15 is 0 Å². The monoisotopic (exact) mass is 548 g/mol. The summed E-state index contributed by atoms with van der Waals surface area (Å²) in [6.07, 6.45) is 2.71. The molecule has 0 bridgehead atoms. The van der Waals surface area contributed by atoms with E-state index in [1.54, 1.807) is 19.6 Å². The van der Waals surface area contributed by atoms with Crippen LogP contribution in [0.3, 0.4) is 0 Å². The Balaban J connectivity index is 0. The van der Waals surface area contributed by atoms with Crippen LogP contribution in [0.25, 0.3) is 0 Å². The van der Waals surface area contributed by atoms with Crippen LogP contribution in [0.15, 0.2) is 0 Å². The van der Waals surface area contributed by atoms with Gasteiger partial charge in [0.25, 0.3) is 0 Å². The number of hydrogen-bond donors (Lipinski definition) is 4. The molecule has 1 aliphatic heterocycles. The minimum Gasteiger partial charge on any atom is -0.480 e. The molecule has 1 saturated heterocycles. The number of aliphatic carboxylic acids is 4. The first-order chi connectivity index (χ1) is 17.8.